The Morgan fingerprint density at radius 3 is 2.58 bits per heavy atom. The summed E-state index contributed by atoms with van der Waals surface area (Å²) < 4.78 is 11.9. The minimum Gasteiger partial charge on any atom is -0.395 e. The predicted molar refractivity (Wildman–Crippen MR) is 117 cm³/mol. The van der Waals surface area contributed by atoms with Crippen LogP contribution in [0.15, 0.2) is 24.3 Å². The van der Waals surface area contributed by atoms with Crippen LogP contribution < -0.4 is 0 Å². The zero-order valence-corrected chi connectivity index (χ0v) is 19.0. The van der Waals surface area contributed by atoms with Gasteiger partial charge in [0.05, 0.1) is 37.8 Å². The molecular formula is C23H32N4O6. The van der Waals surface area contributed by atoms with E-state index in [9.17, 15) is 19.5 Å². The highest BCUT2D eigenvalue weighted by molar-refractivity contribution is 5.99. The van der Waals surface area contributed by atoms with Crippen molar-refractivity contribution in [1.29, 1.82) is 0 Å². The first-order valence-corrected chi connectivity index (χ1v) is 11.8. The monoisotopic (exact) mass is 460 g/mol. The van der Waals surface area contributed by atoms with E-state index in [0.29, 0.717) is 32.8 Å². The SMILES string of the molecule is CN1CC=C[C@@H]2O[C@]34C=CCN(CCN5CCOCC5)C(=O)C3N(CCO)C(=O)[C@@H]4[C@@H]2C1=O. The van der Waals surface area contributed by atoms with Gasteiger partial charge in [-0.3, -0.25) is 19.3 Å². The molecule has 1 unspecified atom stereocenters. The Kier molecular flexibility index (Phi) is 6.02. The van der Waals surface area contributed by atoms with Crippen molar-refractivity contribution in [2.45, 2.75) is 17.7 Å². The molecule has 180 valence electrons. The number of nitrogens with zero attached hydrogens (tertiary/aromatic N) is 4. The van der Waals surface area contributed by atoms with Crippen LogP contribution in [0.1, 0.15) is 0 Å². The van der Waals surface area contributed by atoms with Crippen LogP contribution in [0.2, 0.25) is 0 Å². The third-order valence-electron chi connectivity index (χ3n) is 7.57. The number of rotatable bonds is 5. The standard InChI is InChI=1S/C23H32N4O6/c1-24-6-2-4-16-17(20(24)29)18-21(30)27(10-13-28)19-22(31)26(7-3-5-23(18,19)33-16)9-8-25-11-14-32-15-12-25/h2-5,16-19,28H,6-15H2,1H3/t16-,17+,18-,19?,23-/m0/s1. The molecule has 0 bridgehead atoms. The summed E-state index contributed by atoms with van der Waals surface area (Å²) in [5, 5.41) is 9.68. The largest absolute Gasteiger partial charge is 0.395 e. The maximum Gasteiger partial charge on any atom is 0.249 e. The molecule has 3 amide bonds. The molecule has 5 heterocycles. The van der Waals surface area contributed by atoms with Gasteiger partial charge in [0.25, 0.3) is 0 Å². The fraction of sp³-hybridized carbons (Fsp3) is 0.696. The average Bonchev–Trinajstić information content (AvgIpc) is 3.13. The van der Waals surface area contributed by atoms with Gasteiger partial charge in [-0.2, -0.15) is 0 Å². The highest BCUT2D eigenvalue weighted by Crippen LogP contribution is 2.53. The first-order chi connectivity index (χ1) is 16.0. The highest BCUT2D eigenvalue weighted by Gasteiger charge is 2.71. The quantitative estimate of drug-likeness (QED) is 0.489. The number of aliphatic hydroxyl groups is 1. The summed E-state index contributed by atoms with van der Waals surface area (Å²) in [7, 11) is 1.71. The molecule has 10 heteroatoms. The van der Waals surface area contributed by atoms with Gasteiger partial charge in [-0.25, -0.2) is 0 Å². The second kappa shape index (κ2) is 8.83. The lowest BCUT2D eigenvalue weighted by atomic mass is 9.77. The normalized spacial score (nSPS) is 36.7. The lowest BCUT2D eigenvalue weighted by molar-refractivity contribution is -0.148. The van der Waals surface area contributed by atoms with Crippen molar-refractivity contribution in [3.8, 4) is 0 Å². The van der Waals surface area contributed by atoms with E-state index in [4.69, 9.17) is 9.47 Å². The zero-order valence-electron chi connectivity index (χ0n) is 19.0. The number of carbonyl (C=O) groups is 3. The summed E-state index contributed by atoms with van der Waals surface area (Å²) in [6.07, 6.45) is 6.89. The fourth-order valence-corrected chi connectivity index (χ4v) is 5.95. The molecule has 5 aliphatic heterocycles. The zero-order chi connectivity index (χ0) is 23.2. The van der Waals surface area contributed by atoms with E-state index >= 15 is 0 Å². The number of fused-ring (bicyclic) bond motifs is 2. The maximum absolute atomic E-state index is 13.9. The van der Waals surface area contributed by atoms with E-state index in [1.54, 1.807) is 16.8 Å². The van der Waals surface area contributed by atoms with Crippen LogP contribution in [-0.2, 0) is 23.9 Å². The summed E-state index contributed by atoms with van der Waals surface area (Å²) >= 11 is 0. The second-order valence-corrected chi connectivity index (χ2v) is 9.38. The number of likely N-dealkylation sites (tertiary alicyclic amines) is 1. The Balaban J connectivity index is 1.46. The van der Waals surface area contributed by atoms with Crippen LogP contribution in [0.25, 0.3) is 0 Å². The molecular weight excluding hydrogens is 428 g/mol. The van der Waals surface area contributed by atoms with Crippen molar-refractivity contribution in [3.63, 3.8) is 0 Å². The summed E-state index contributed by atoms with van der Waals surface area (Å²) in [6, 6.07) is -0.899. The number of hydrogen-bond donors (Lipinski definition) is 1. The topological polar surface area (TPSA) is 103 Å². The smallest absolute Gasteiger partial charge is 0.249 e. The Morgan fingerprint density at radius 2 is 1.82 bits per heavy atom. The van der Waals surface area contributed by atoms with E-state index in [1.165, 1.54) is 4.90 Å². The lowest BCUT2D eigenvalue weighted by Gasteiger charge is -2.36. The van der Waals surface area contributed by atoms with Gasteiger partial charge in [-0.1, -0.05) is 24.3 Å². The molecule has 5 aliphatic rings. The molecule has 5 atom stereocenters. The number of carbonyl (C=O) groups excluding carboxylic acids is 3. The van der Waals surface area contributed by atoms with Gasteiger partial charge in [0.1, 0.15) is 11.6 Å². The van der Waals surface area contributed by atoms with Crippen LogP contribution >= 0.6 is 0 Å². The van der Waals surface area contributed by atoms with E-state index in [1.807, 2.05) is 24.3 Å². The van der Waals surface area contributed by atoms with E-state index in [2.05, 4.69) is 4.90 Å². The van der Waals surface area contributed by atoms with Gasteiger partial charge >= 0.3 is 0 Å². The number of ether oxygens (including phenoxy) is 2. The molecule has 1 N–H and O–H groups in total. The summed E-state index contributed by atoms with van der Waals surface area (Å²) in [6.45, 7) is 4.91. The van der Waals surface area contributed by atoms with Crippen molar-refractivity contribution in [2.24, 2.45) is 11.8 Å². The molecule has 10 nitrogen and oxygen atoms in total. The first-order valence-electron chi connectivity index (χ1n) is 11.8. The molecule has 0 radical (unpaired) electrons. The van der Waals surface area contributed by atoms with Crippen LogP contribution in [0, 0.1) is 11.8 Å². The Bertz CT molecular complexity index is 871. The third-order valence-corrected chi connectivity index (χ3v) is 7.57. The highest BCUT2D eigenvalue weighted by atomic mass is 16.5. The van der Waals surface area contributed by atoms with Crippen LogP contribution in [-0.4, -0.2) is 133 Å². The van der Waals surface area contributed by atoms with Gasteiger partial charge in [0.15, 0.2) is 0 Å². The van der Waals surface area contributed by atoms with Crippen molar-refractivity contribution in [3.05, 3.63) is 24.3 Å². The molecule has 0 aromatic heterocycles. The van der Waals surface area contributed by atoms with Gasteiger partial charge in [0, 0.05) is 52.9 Å². The number of amides is 3. The summed E-state index contributed by atoms with van der Waals surface area (Å²) in [5.74, 6) is -2.13. The van der Waals surface area contributed by atoms with Gasteiger partial charge in [0.2, 0.25) is 17.7 Å². The summed E-state index contributed by atoms with van der Waals surface area (Å²) in [5.41, 5.74) is -1.22. The molecule has 0 aromatic carbocycles. The number of morpholine rings is 1. The molecule has 3 fully saturated rings. The van der Waals surface area contributed by atoms with Crippen LogP contribution in [0.4, 0.5) is 0 Å². The van der Waals surface area contributed by atoms with Gasteiger partial charge in [-0.05, 0) is 0 Å². The second-order valence-electron chi connectivity index (χ2n) is 9.38. The molecule has 33 heavy (non-hydrogen) atoms. The van der Waals surface area contributed by atoms with Gasteiger partial charge < -0.3 is 29.3 Å². The lowest BCUT2D eigenvalue weighted by Crippen LogP contribution is -2.56. The molecule has 0 aromatic rings. The van der Waals surface area contributed by atoms with Crippen molar-refractivity contribution in [2.75, 3.05) is 72.7 Å². The predicted octanol–water partition coefficient (Wildman–Crippen LogP) is -1.68. The van der Waals surface area contributed by atoms with E-state index < -0.39 is 29.6 Å². The minimum absolute atomic E-state index is 0.0270. The average molecular weight is 461 g/mol. The molecule has 0 aliphatic carbocycles. The Morgan fingerprint density at radius 1 is 1.03 bits per heavy atom. The van der Waals surface area contributed by atoms with Crippen LogP contribution in [0.3, 0.4) is 0 Å². The van der Waals surface area contributed by atoms with Crippen LogP contribution in [0.5, 0.6) is 0 Å². The number of β-amino-alcohol motifs (C(OH)–C–C–N with tert-alkyl or cyclic N) is 1. The Labute approximate surface area is 193 Å². The van der Waals surface area contributed by atoms with E-state index in [0.717, 1.165) is 19.6 Å². The first kappa shape index (κ1) is 22.5. The summed E-state index contributed by atoms with van der Waals surface area (Å²) in [4.78, 5) is 47.8. The maximum atomic E-state index is 13.9. The van der Waals surface area contributed by atoms with Crippen molar-refractivity contribution < 1.29 is 29.0 Å². The van der Waals surface area contributed by atoms with Gasteiger partial charge in [-0.15, -0.1) is 0 Å². The molecule has 5 rings (SSSR count). The number of hydrogen-bond acceptors (Lipinski definition) is 7. The van der Waals surface area contributed by atoms with Crippen molar-refractivity contribution in [1.82, 2.24) is 19.6 Å². The number of aliphatic hydroxyl groups excluding tert-OH is 1. The fourth-order valence-electron chi connectivity index (χ4n) is 5.95. The third kappa shape index (κ3) is 3.60. The number of likely N-dealkylation sites (N-methyl/N-ethyl adjacent to an activating group) is 1. The Hall–Kier alpha value is -2.27. The van der Waals surface area contributed by atoms with E-state index in [-0.39, 0.29) is 30.9 Å². The molecule has 3 saturated heterocycles. The molecule has 0 saturated carbocycles. The molecule has 1 spiro atoms. The minimum atomic E-state index is -1.22. The van der Waals surface area contributed by atoms with Crippen molar-refractivity contribution >= 4 is 17.7 Å².